The average Bonchev–Trinajstić information content (AvgIpc) is 3.10. The number of benzene rings is 1. The quantitative estimate of drug-likeness (QED) is 0.835. The van der Waals surface area contributed by atoms with Crippen LogP contribution in [0.1, 0.15) is 26.7 Å². The molecular weight excluding hydrogens is 266 g/mol. The molecule has 2 nitrogen and oxygen atoms in total. The van der Waals surface area contributed by atoms with Crippen LogP contribution >= 0.6 is 23.4 Å². The second kappa shape index (κ2) is 5.62. The molecule has 0 radical (unpaired) electrons. The molecule has 1 aliphatic rings. The minimum absolute atomic E-state index is 0.146. The van der Waals surface area contributed by atoms with Crippen LogP contribution in [0.15, 0.2) is 18.2 Å². The van der Waals surface area contributed by atoms with Crippen LogP contribution in [0.2, 0.25) is 5.02 Å². The zero-order valence-corrected chi connectivity index (χ0v) is 12.7. The molecule has 1 aromatic carbocycles. The molecule has 0 saturated heterocycles. The van der Waals surface area contributed by atoms with Gasteiger partial charge in [0.05, 0.1) is 11.1 Å². The third-order valence-corrected chi connectivity index (χ3v) is 4.86. The Morgan fingerprint density at radius 3 is 2.67 bits per heavy atom. The van der Waals surface area contributed by atoms with Gasteiger partial charge in [0.2, 0.25) is 0 Å². The highest BCUT2D eigenvalue weighted by molar-refractivity contribution is 8.00. The van der Waals surface area contributed by atoms with Gasteiger partial charge in [0, 0.05) is 17.0 Å². The lowest BCUT2D eigenvalue weighted by molar-refractivity contribution is 0.242. The molecule has 0 unspecified atom stereocenters. The second-order valence-corrected chi connectivity index (χ2v) is 6.73. The predicted molar refractivity (Wildman–Crippen MR) is 81.2 cm³/mol. The fourth-order valence-electron chi connectivity index (χ4n) is 1.82. The topological polar surface area (TPSA) is 21.3 Å². The summed E-state index contributed by atoms with van der Waals surface area (Å²) in [5.74, 6) is 0.753. The van der Waals surface area contributed by atoms with E-state index in [1.54, 1.807) is 0 Å². The number of ether oxygens (including phenoxy) is 1. The molecule has 0 atom stereocenters. The molecule has 1 saturated carbocycles. The summed E-state index contributed by atoms with van der Waals surface area (Å²) in [5.41, 5.74) is 1.07. The summed E-state index contributed by atoms with van der Waals surface area (Å²) in [6, 6.07) is 5.90. The summed E-state index contributed by atoms with van der Waals surface area (Å²) in [6.07, 6.45) is 4.95. The molecule has 18 heavy (non-hydrogen) atoms. The maximum absolute atomic E-state index is 6.20. The highest BCUT2D eigenvalue weighted by Gasteiger charge is 2.41. The van der Waals surface area contributed by atoms with Crippen molar-refractivity contribution >= 4 is 29.1 Å². The van der Waals surface area contributed by atoms with E-state index in [4.69, 9.17) is 16.3 Å². The Hall–Kier alpha value is -0.540. The monoisotopic (exact) mass is 285 g/mol. The predicted octanol–water partition coefficient (Wildman–Crippen LogP) is 4.43. The van der Waals surface area contributed by atoms with Gasteiger partial charge in [-0.15, -0.1) is 0 Å². The summed E-state index contributed by atoms with van der Waals surface area (Å²) in [4.78, 5) is 0. The first-order valence-corrected chi connectivity index (χ1v) is 7.90. The van der Waals surface area contributed by atoms with Crippen LogP contribution in [0.3, 0.4) is 0 Å². The van der Waals surface area contributed by atoms with E-state index in [0.717, 1.165) is 18.0 Å². The highest BCUT2D eigenvalue weighted by Crippen LogP contribution is 2.47. The van der Waals surface area contributed by atoms with Gasteiger partial charge in [-0.3, -0.25) is 0 Å². The first-order chi connectivity index (χ1) is 8.54. The molecule has 1 aromatic rings. The largest absolute Gasteiger partial charge is 0.489 e. The van der Waals surface area contributed by atoms with Gasteiger partial charge in [-0.2, -0.15) is 11.8 Å². The molecule has 1 fully saturated rings. The molecule has 100 valence electrons. The Kier molecular flexibility index (Phi) is 4.33. The van der Waals surface area contributed by atoms with E-state index in [-0.39, 0.29) is 6.10 Å². The summed E-state index contributed by atoms with van der Waals surface area (Å²) in [6.45, 7) is 5.00. The average molecular weight is 286 g/mol. The van der Waals surface area contributed by atoms with Crippen molar-refractivity contribution in [2.45, 2.75) is 37.5 Å². The number of halogens is 1. The van der Waals surface area contributed by atoms with Gasteiger partial charge in [0.15, 0.2) is 0 Å². The van der Waals surface area contributed by atoms with E-state index in [0.29, 0.717) is 9.77 Å². The number of rotatable bonds is 6. The first kappa shape index (κ1) is 13.9. The minimum atomic E-state index is 0.146. The molecule has 0 bridgehead atoms. The van der Waals surface area contributed by atoms with E-state index in [9.17, 15) is 0 Å². The van der Waals surface area contributed by atoms with Gasteiger partial charge in [-0.1, -0.05) is 11.6 Å². The smallest absolute Gasteiger partial charge is 0.138 e. The van der Waals surface area contributed by atoms with Crippen molar-refractivity contribution in [3.8, 4) is 5.75 Å². The Bertz CT molecular complexity index is 418. The van der Waals surface area contributed by atoms with Crippen molar-refractivity contribution in [3.05, 3.63) is 23.2 Å². The lowest BCUT2D eigenvalue weighted by atomic mass is 10.3. The second-order valence-electron chi connectivity index (χ2n) is 5.05. The van der Waals surface area contributed by atoms with Crippen LogP contribution in [0, 0.1) is 0 Å². The summed E-state index contributed by atoms with van der Waals surface area (Å²) in [7, 11) is 0. The molecule has 0 spiro atoms. The van der Waals surface area contributed by atoms with E-state index < -0.39 is 0 Å². The number of hydrogen-bond acceptors (Lipinski definition) is 3. The standard InChI is InChI=1S/C14H20ClNOS/c1-10(2)17-13-5-4-11(8-12(13)15)16-9-14(18-3)6-7-14/h4-5,8,10,16H,6-7,9H2,1-3H3. The molecular formula is C14H20ClNOS. The minimum Gasteiger partial charge on any atom is -0.489 e. The number of hydrogen-bond donors (Lipinski definition) is 1. The van der Waals surface area contributed by atoms with E-state index >= 15 is 0 Å². The van der Waals surface area contributed by atoms with Gasteiger partial charge in [-0.05, 0) is 51.1 Å². The SMILES string of the molecule is CSC1(CNc2ccc(OC(C)C)c(Cl)c2)CC1. The summed E-state index contributed by atoms with van der Waals surface area (Å²) in [5, 5.41) is 4.13. The normalized spacial score (nSPS) is 16.7. The van der Waals surface area contributed by atoms with Crippen molar-refractivity contribution in [1.29, 1.82) is 0 Å². The van der Waals surface area contributed by atoms with Gasteiger partial charge in [-0.25, -0.2) is 0 Å². The number of anilines is 1. The van der Waals surface area contributed by atoms with Gasteiger partial charge >= 0.3 is 0 Å². The van der Waals surface area contributed by atoms with Crippen molar-refractivity contribution < 1.29 is 4.74 Å². The highest BCUT2D eigenvalue weighted by atomic mass is 35.5. The fraction of sp³-hybridized carbons (Fsp3) is 0.571. The van der Waals surface area contributed by atoms with Crippen molar-refractivity contribution in [3.63, 3.8) is 0 Å². The van der Waals surface area contributed by atoms with Crippen molar-refractivity contribution in [1.82, 2.24) is 0 Å². The van der Waals surface area contributed by atoms with Gasteiger partial charge < -0.3 is 10.1 Å². The molecule has 0 aliphatic heterocycles. The Labute approximate surface area is 118 Å². The first-order valence-electron chi connectivity index (χ1n) is 6.30. The fourth-order valence-corrected chi connectivity index (χ4v) is 2.77. The van der Waals surface area contributed by atoms with Crippen LogP contribution < -0.4 is 10.1 Å². The molecule has 0 amide bonds. The van der Waals surface area contributed by atoms with Crippen molar-refractivity contribution in [2.24, 2.45) is 0 Å². The van der Waals surface area contributed by atoms with Crippen LogP contribution in [-0.4, -0.2) is 23.7 Å². The van der Waals surface area contributed by atoms with Crippen LogP contribution in [0.4, 0.5) is 5.69 Å². The van der Waals surface area contributed by atoms with E-state index in [1.165, 1.54) is 12.8 Å². The van der Waals surface area contributed by atoms with Crippen molar-refractivity contribution in [2.75, 3.05) is 18.1 Å². The summed E-state index contributed by atoms with van der Waals surface area (Å²) >= 11 is 8.16. The third kappa shape index (κ3) is 3.48. The lowest BCUT2D eigenvalue weighted by Crippen LogP contribution is -2.17. The molecule has 0 aromatic heterocycles. The maximum atomic E-state index is 6.20. The zero-order chi connectivity index (χ0) is 13.2. The van der Waals surface area contributed by atoms with E-state index in [2.05, 4.69) is 11.6 Å². The van der Waals surface area contributed by atoms with Gasteiger partial charge in [0.1, 0.15) is 5.75 Å². The zero-order valence-electron chi connectivity index (χ0n) is 11.1. The van der Waals surface area contributed by atoms with Crippen LogP contribution in [0.5, 0.6) is 5.75 Å². The van der Waals surface area contributed by atoms with Gasteiger partial charge in [0.25, 0.3) is 0 Å². The molecule has 1 aliphatic carbocycles. The maximum Gasteiger partial charge on any atom is 0.138 e. The number of nitrogens with one attached hydrogen (secondary N) is 1. The third-order valence-electron chi connectivity index (χ3n) is 3.15. The Balaban J connectivity index is 1.96. The molecule has 2 rings (SSSR count). The Morgan fingerprint density at radius 2 is 2.17 bits per heavy atom. The van der Waals surface area contributed by atoms with Crippen LogP contribution in [0.25, 0.3) is 0 Å². The van der Waals surface area contributed by atoms with E-state index in [1.807, 2.05) is 43.8 Å². The lowest BCUT2D eigenvalue weighted by Gasteiger charge is -2.16. The molecule has 1 N–H and O–H groups in total. The molecule has 4 heteroatoms. The summed E-state index contributed by atoms with van der Waals surface area (Å²) < 4.78 is 6.07. The molecule has 0 heterocycles. The Morgan fingerprint density at radius 1 is 1.44 bits per heavy atom. The number of thioether (sulfide) groups is 1. The van der Waals surface area contributed by atoms with Crippen LogP contribution in [-0.2, 0) is 0 Å².